The normalized spacial score (nSPS) is 17.7. The highest BCUT2D eigenvalue weighted by molar-refractivity contribution is 5.80. The summed E-state index contributed by atoms with van der Waals surface area (Å²) in [4.78, 5) is 25.1. The molecule has 1 amide bonds. The monoisotopic (exact) mass is 329 g/mol. The van der Waals surface area contributed by atoms with Crippen molar-refractivity contribution >= 4 is 11.9 Å². The molecule has 1 aliphatic heterocycles. The molecule has 0 spiro atoms. The number of rotatable bonds is 5. The Hall–Kier alpha value is -2.67. The first kappa shape index (κ1) is 16.2. The summed E-state index contributed by atoms with van der Waals surface area (Å²) in [5.74, 6) is -1.03. The number of amides is 1. The number of carboxylic acids is 1. The van der Waals surface area contributed by atoms with E-state index in [1.165, 1.54) is 0 Å². The van der Waals surface area contributed by atoms with Crippen LogP contribution in [0.15, 0.2) is 42.7 Å². The second-order valence-corrected chi connectivity index (χ2v) is 5.72. The topological polar surface area (TPSA) is 84.7 Å². The standard InChI is InChI=1S/C17H19N3O4/c21-16(19-6-7-24-12-15(19)9-17(22)23)8-13-10-18-20(11-13)14-4-2-1-3-5-14/h1-5,10-11,15H,6-9,12H2,(H,22,23). The predicted molar refractivity (Wildman–Crippen MR) is 85.8 cm³/mol. The van der Waals surface area contributed by atoms with Gasteiger partial charge < -0.3 is 14.7 Å². The molecule has 0 saturated carbocycles. The fraction of sp³-hybridized carbons (Fsp3) is 0.353. The molecule has 1 N–H and O–H groups in total. The summed E-state index contributed by atoms with van der Waals surface area (Å²) in [5, 5.41) is 13.3. The van der Waals surface area contributed by atoms with Crippen LogP contribution in [-0.2, 0) is 20.7 Å². The van der Waals surface area contributed by atoms with E-state index in [1.54, 1.807) is 15.8 Å². The highest BCUT2D eigenvalue weighted by atomic mass is 16.5. The number of benzene rings is 1. The Balaban J connectivity index is 1.68. The minimum atomic E-state index is -0.930. The zero-order valence-electron chi connectivity index (χ0n) is 13.2. The number of carboxylic acid groups (broad SMARTS) is 1. The van der Waals surface area contributed by atoms with Crippen LogP contribution in [0.1, 0.15) is 12.0 Å². The molecular formula is C17H19N3O4. The van der Waals surface area contributed by atoms with Crippen LogP contribution in [0.4, 0.5) is 0 Å². The van der Waals surface area contributed by atoms with Crippen LogP contribution in [0.5, 0.6) is 0 Å². The van der Waals surface area contributed by atoms with Gasteiger partial charge in [-0.25, -0.2) is 4.68 Å². The predicted octanol–water partition coefficient (Wildman–Crippen LogP) is 1.12. The summed E-state index contributed by atoms with van der Waals surface area (Å²) in [7, 11) is 0. The fourth-order valence-electron chi connectivity index (χ4n) is 2.80. The first-order valence-corrected chi connectivity index (χ1v) is 7.81. The van der Waals surface area contributed by atoms with Crippen molar-refractivity contribution in [2.45, 2.75) is 18.9 Å². The van der Waals surface area contributed by atoms with Gasteiger partial charge in [0.05, 0.1) is 44.0 Å². The van der Waals surface area contributed by atoms with Crippen LogP contribution < -0.4 is 0 Å². The van der Waals surface area contributed by atoms with E-state index < -0.39 is 12.0 Å². The van der Waals surface area contributed by atoms with Crippen LogP contribution >= 0.6 is 0 Å². The van der Waals surface area contributed by atoms with Gasteiger partial charge in [-0.05, 0) is 17.7 Å². The minimum Gasteiger partial charge on any atom is -0.481 e. The molecule has 7 nitrogen and oxygen atoms in total. The minimum absolute atomic E-state index is 0.0999. The maximum atomic E-state index is 12.5. The Morgan fingerprint density at radius 2 is 2.08 bits per heavy atom. The number of aromatic nitrogens is 2. The number of nitrogens with zero attached hydrogens (tertiary/aromatic N) is 3. The molecular weight excluding hydrogens is 310 g/mol. The van der Waals surface area contributed by atoms with E-state index in [4.69, 9.17) is 9.84 Å². The zero-order valence-corrected chi connectivity index (χ0v) is 13.2. The van der Waals surface area contributed by atoms with Gasteiger partial charge in [0, 0.05) is 12.7 Å². The third-order valence-corrected chi connectivity index (χ3v) is 3.97. The Labute approximate surface area is 139 Å². The molecule has 1 aromatic carbocycles. The van der Waals surface area contributed by atoms with Gasteiger partial charge in [0.15, 0.2) is 0 Å². The number of aliphatic carboxylic acids is 1. The Bertz CT molecular complexity index is 714. The van der Waals surface area contributed by atoms with Crippen molar-refractivity contribution in [3.8, 4) is 5.69 Å². The van der Waals surface area contributed by atoms with Gasteiger partial charge in [-0.3, -0.25) is 9.59 Å². The summed E-state index contributed by atoms with van der Waals surface area (Å²) in [6.07, 6.45) is 3.58. The maximum Gasteiger partial charge on any atom is 0.305 e. The first-order valence-electron chi connectivity index (χ1n) is 7.81. The first-order chi connectivity index (χ1) is 11.6. The third kappa shape index (κ3) is 3.80. The van der Waals surface area contributed by atoms with Gasteiger partial charge in [0.2, 0.25) is 5.91 Å². The quantitative estimate of drug-likeness (QED) is 0.888. The lowest BCUT2D eigenvalue weighted by atomic mass is 10.1. The van der Waals surface area contributed by atoms with E-state index in [-0.39, 0.29) is 25.4 Å². The molecule has 1 unspecified atom stereocenters. The molecule has 24 heavy (non-hydrogen) atoms. The lowest BCUT2D eigenvalue weighted by Crippen LogP contribution is -2.50. The average Bonchev–Trinajstić information content (AvgIpc) is 3.04. The van der Waals surface area contributed by atoms with Crippen molar-refractivity contribution < 1.29 is 19.4 Å². The van der Waals surface area contributed by atoms with E-state index in [9.17, 15) is 9.59 Å². The molecule has 1 aromatic heterocycles. The highest BCUT2D eigenvalue weighted by Crippen LogP contribution is 2.14. The van der Waals surface area contributed by atoms with Crippen molar-refractivity contribution in [2.75, 3.05) is 19.8 Å². The Morgan fingerprint density at radius 1 is 1.29 bits per heavy atom. The van der Waals surface area contributed by atoms with E-state index >= 15 is 0 Å². The van der Waals surface area contributed by atoms with Crippen molar-refractivity contribution in [1.29, 1.82) is 0 Å². The van der Waals surface area contributed by atoms with Crippen LogP contribution in [0.3, 0.4) is 0 Å². The van der Waals surface area contributed by atoms with Crippen molar-refractivity contribution in [3.05, 3.63) is 48.3 Å². The lowest BCUT2D eigenvalue weighted by molar-refractivity contribution is -0.145. The van der Waals surface area contributed by atoms with Gasteiger partial charge in [0.25, 0.3) is 0 Å². The number of para-hydroxylation sites is 1. The zero-order chi connectivity index (χ0) is 16.9. The van der Waals surface area contributed by atoms with Crippen LogP contribution in [0.25, 0.3) is 5.69 Å². The lowest BCUT2D eigenvalue weighted by Gasteiger charge is -2.34. The summed E-state index contributed by atoms with van der Waals surface area (Å²) in [6, 6.07) is 9.23. The van der Waals surface area contributed by atoms with Crippen molar-refractivity contribution in [2.24, 2.45) is 0 Å². The molecule has 7 heteroatoms. The molecule has 126 valence electrons. The molecule has 1 fully saturated rings. The van der Waals surface area contributed by atoms with E-state index in [0.29, 0.717) is 13.2 Å². The molecule has 1 atom stereocenters. The Kier molecular flexibility index (Phi) is 4.90. The van der Waals surface area contributed by atoms with Gasteiger partial charge in [-0.2, -0.15) is 5.10 Å². The highest BCUT2D eigenvalue weighted by Gasteiger charge is 2.29. The van der Waals surface area contributed by atoms with E-state index in [0.717, 1.165) is 11.3 Å². The molecule has 0 aliphatic carbocycles. The molecule has 0 bridgehead atoms. The van der Waals surface area contributed by atoms with Crippen LogP contribution in [0.2, 0.25) is 0 Å². The molecule has 1 saturated heterocycles. The number of carbonyl (C=O) groups is 2. The maximum absolute atomic E-state index is 12.5. The molecule has 2 heterocycles. The van der Waals surface area contributed by atoms with Crippen LogP contribution in [0, 0.1) is 0 Å². The van der Waals surface area contributed by atoms with Gasteiger partial charge in [0.1, 0.15) is 0 Å². The van der Waals surface area contributed by atoms with E-state index in [1.807, 2.05) is 36.5 Å². The third-order valence-electron chi connectivity index (χ3n) is 3.97. The molecule has 1 aliphatic rings. The number of hydrogen-bond donors (Lipinski definition) is 1. The van der Waals surface area contributed by atoms with Crippen molar-refractivity contribution in [3.63, 3.8) is 0 Å². The summed E-state index contributed by atoms with van der Waals surface area (Å²) in [5.41, 5.74) is 1.72. The number of carbonyl (C=O) groups excluding carboxylic acids is 1. The van der Waals surface area contributed by atoms with Gasteiger partial charge in [-0.15, -0.1) is 0 Å². The van der Waals surface area contributed by atoms with Gasteiger partial charge in [-0.1, -0.05) is 18.2 Å². The second kappa shape index (κ2) is 7.27. The molecule has 2 aromatic rings. The van der Waals surface area contributed by atoms with Crippen molar-refractivity contribution in [1.82, 2.24) is 14.7 Å². The second-order valence-electron chi connectivity index (χ2n) is 5.72. The SMILES string of the molecule is O=C(O)CC1COCCN1C(=O)Cc1cnn(-c2ccccc2)c1. The summed E-state index contributed by atoms with van der Waals surface area (Å²) < 4.78 is 7.02. The number of ether oxygens (including phenoxy) is 1. The fourth-order valence-corrected chi connectivity index (χ4v) is 2.80. The summed E-state index contributed by atoms with van der Waals surface area (Å²) in [6.45, 7) is 1.12. The Morgan fingerprint density at radius 3 is 2.83 bits per heavy atom. The van der Waals surface area contributed by atoms with E-state index in [2.05, 4.69) is 5.10 Å². The number of hydrogen-bond acceptors (Lipinski definition) is 4. The largest absolute Gasteiger partial charge is 0.481 e. The van der Waals surface area contributed by atoms with Crippen LogP contribution in [-0.4, -0.2) is 57.5 Å². The number of morpholine rings is 1. The average molecular weight is 329 g/mol. The molecule has 3 rings (SSSR count). The summed E-state index contributed by atoms with van der Waals surface area (Å²) >= 11 is 0. The van der Waals surface area contributed by atoms with Gasteiger partial charge >= 0.3 is 5.97 Å². The smallest absolute Gasteiger partial charge is 0.305 e. The molecule has 0 radical (unpaired) electrons.